The number of carbonyl (C=O) groups excluding carboxylic acids is 1. The number of piperidine rings is 1. The molecule has 1 saturated heterocycles. The van der Waals surface area contributed by atoms with E-state index in [9.17, 15) is 4.79 Å². The predicted octanol–water partition coefficient (Wildman–Crippen LogP) is 4.06. The Morgan fingerprint density at radius 1 is 1.12 bits per heavy atom. The molecule has 1 aromatic heterocycles. The fourth-order valence-electron chi connectivity index (χ4n) is 3.90. The van der Waals surface area contributed by atoms with E-state index in [0.29, 0.717) is 12.5 Å². The van der Waals surface area contributed by atoms with E-state index in [2.05, 4.69) is 53.7 Å². The van der Waals surface area contributed by atoms with Gasteiger partial charge in [-0.1, -0.05) is 30.3 Å². The predicted molar refractivity (Wildman–Crippen MR) is 104 cm³/mol. The molecule has 26 heavy (non-hydrogen) atoms. The van der Waals surface area contributed by atoms with Crippen molar-refractivity contribution in [2.45, 2.75) is 39.2 Å². The Morgan fingerprint density at radius 3 is 2.65 bits per heavy atom. The first-order valence-electron chi connectivity index (χ1n) is 9.37. The summed E-state index contributed by atoms with van der Waals surface area (Å²) in [6, 6.07) is 15.0. The van der Waals surface area contributed by atoms with Crippen LogP contribution in [0.4, 0.5) is 0 Å². The molecule has 2 heterocycles. The number of carbonyl (C=O) groups is 1. The lowest BCUT2D eigenvalue weighted by atomic mass is 10.0. The summed E-state index contributed by atoms with van der Waals surface area (Å²) in [6.07, 6.45) is 4.43. The number of likely N-dealkylation sites (tertiary alicyclic amines) is 1. The van der Waals surface area contributed by atoms with E-state index < -0.39 is 0 Å². The third-order valence-corrected chi connectivity index (χ3v) is 5.54. The van der Waals surface area contributed by atoms with Gasteiger partial charge in [0.15, 0.2) is 0 Å². The molecule has 1 amide bonds. The van der Waals surface area contributed by atoms with Gasteiger partial charge in [0, 0.05) is 19.1 Å². The molecule has 1 aliphatic rings. The fourth-order valence-corrected chi connectivity index (χ4v) is 3.90. The van der Waals surface area contributed by atoms with Crippen LogP contribution in [0, 0.1) is 13.8 Å². The second-order valence-corrected chi connectivity index (χ2v) is 7.36. The highest BCUT2D eigenvalue weighted by Crippen LogP contribution is 2.27. The van der Waals surface area contributed by atoms with Crippen LogP contribution in [0.3, 0.4) is 0 Å². The minimum absolute atomic E-state index is 0.240. The molecule has 4 rings (SSSR count). The summed E-state index contributed by atoms with van der Waals surface area (Å²) in [7, 11) is 0. The van der Waals surface area contributed by atoms with E-state index in [1.54, 1.807) is 0 Å². The van der Waals surface area contributed by atoms with Crippen LogP contribution in [0.1, 0.15) is 35.6 Å². The molecule has 0 bridgehead atoms. The van der Waals surface area contributed by atoms with Gasteiger partial charge in [-0.15, -0.1) is 0 Å². The van der Waals surface area contributed by atoms with Crippen LogP contribution in [0.5, 0.6) is 0 Å². The topological polar surface area (TPSA) is 38.1 Å². The summed E-state index contributed by atoms with van der Waals surface area (Å²) < 4.78 is 2.30. The third-order valence-electron chi connectivity index (χ3n) is 5.54. The maximum Gasteiger partial charge on any atom is 0.227 e. The zero-order chi connectivity index (χ0) is 18.1. The molecule has 0 unspecified atom stereocenters. The number of imidazole rings is 1. The summed E-state index contributed by atoms with van der Waals surface area (Å²) in [5.41, 5.74) is 5.83. The van der Waals surface area contributed by atoms with Gasteiger partial charge in [0.05, 0.1) is 23.8 Å². The number of benzene rings is 2. The molecule has 0 radical (unpaired) electrons. The zero-order valence-corrected chi connectivity index (χ0v) is 15.5. The first-order valence-corrected chi connectivity index (χ1v) is 9.37. The lowest BCUT2D eigenvalue weighted by Crippen LogP contribution is -2.39. The van der Waals surface area contributed by atoms with Gasteiger partial charge in [-0.05, 0) is 55.5 Å². The number of nitrogens with zero attached hydrogens (tertiary/aromatic N) is 3. The van der Waals surface area contributed by atoms with Crippen molar-refractivity contribution in [3.8, 4) is 0 Å². The molecule has 1 aliphatic heterocycles. The largest absolute Gasteiger partial charge is 0.342 e. The Bertz CT molecular complexity index is 935. The molecule has 2 aromatic carbocycles. The Labute approximate surface area is 154 Å². The summed E-state index contributed by atoms with van der Waals surface area (Å²) in [5.74, 6) is 0.240. The highest BCUT2D eigenvalue weighted by molar-refractivity contribution is 5.79. The van der Waals surface area contributed by atoms with Crippen molar-refractivity contribution in [2.24, 2.45) is 0 Å². The van der Waals surface area contributed by atoms with Gasteiger partial charge in [-0.2, -0.15) is 0 Å². The number of amides is 1. The molecule has 4 heteroatoms. The summed E-state index contributed by atoms with van der Waals surface area (Å²) in [5, 5.41) is 0. The lowest BCUT2D eigenvalue weighted by molar-refractivity contribution is -0.131. The van der Waals surface area contributed by atoms with Gasteiger partial charge >= 0.3 is 0 Å². The maximum absolute atomic E-state index is 12.7. The molecule has 1 fully saturated rings. The number of hydrogen-bond donors (Lipinski definition) is 0. The van der Waals surface area contributed by atoms with Crippen LogP contribution in [-0.2, 0) is 11.2 Å². The summed E-state index contributed by atoms with van der Waals surface area (Å²) in [6.45, 7) is 5.83. The van der Waals surface area contributed by atoms with E-state index in [-0.39, 0.29) is 5.91 Å². The molecule has 0 aliphatic carbocycles. The lowest BCUT2D eigenvalue weighted by Gasteiger charge is -2.33. The van der Waals surface area contributed by atoms with Crippen molar-refractivity contribution in [2.75, 3.05) is 13.1 Å². The second-order valence-electron chi connectivity index (χ2n) is 7.36. The van der Waals surface area contributed by atoms with Crippen molar-refractivity contribution in [1.82, 2.24) is 14.5 Å². The first kappa shape index (κ1) is 16.8. The van der Waals surface area contributed by atoms with Gasteiger partial charge in [-0.3, -0.25) is 4.79 Å². The van der Waals surface area contributed by atoms with Crippen molar-refractivity contribution >= 4 is 16.9 Å². The Kier molecular flexibility index (Phi) is 4.49. The van der Waals surface area contributed by atoms with Gasteiger partial charge in [0.1, 0.15) is 0 Å². The molecule has 0 N–H and O–H groups in total. The van der Waals surface area contributed by atoms with Crippen molar-refractivity contribution in [1.29, 1.82) is 0 Å². The van der Waals surface area contributed by atoms with E-state index in [0.717, 1.165) is 37.0 Å². The average molecular weight is 347 g/mol. The van der Waals surface area contributed by atoms with E-state index in [4.69, 9.17) is 0 Å². The average Bonchev–Trinajstić information content (AvgIpc) is 3.06. The van der Waals surface area contributed by atoms with Crippen LogP contribution >= 0.6 is 0 Å². The normalized spacial score (nSPS) is 15.5. The van der Waals surface area contributed by atoms with Crippen LogP contribution in [0.2, 0.25) is 0 Å². The number of hydrogen-bond acceptors (Lipinski definition) is 2. The van der Waals surface area contributed by atoms with Gasteiger partial charge in [0.2, 0.25) is 5.91 Å². The molecule has 0 atom stereocenters. The number of fused-ring (bicyclic) bond motifs is 1. The quantitative estimate of drug-likeness (QED) is 0.717. The first-order chi connectivity index (χ1) is 12.6. The van der Waals surface area contributed by atoms with Gasteiger partial charge in [0.25, 0.3) is 0 Å². The third kappa shape index (κ3) is 3.24. The summed E-state index contributed by atoms with van der Waals surface area (Å²) >= 11 is 0. The van der Waals surface area contributed by atoms with Gasteiger partial charge in [-0.25, -0.2) is 4.98 Å². The number of aromatic nitrogens is 2. The number of aryl methyl sites for hydroxylation is 2. The summed E-state index contributed by atoms with van der Waals surface area (Å²) in [4.78, 5) is 19.2. The highest BCUT2D eigenvalue weighted by Gasteiger charge is 2.25. The van der Waals surface area contributed by atoms with Crippen molar-refractivity contribution < 1.29 is 4.79 Å². The minimum Gasteiger partial charge on any atom is -0.342 e. The van der Waals surface area contributed by atoms with Crippen LogP contribution in [0.25, 0.3) is 11.0 Å². The van der Waals surface area contributed by atoms with Crippen LogP contribution in [0.15, 0.2) is 48.8 Å². The smallest absolute Gasteiger partial charge is 0.227 e. The monoisotopic (exact) mass is 347 g/mol. The van der Waals surface area contributed by atoms with Crippen LogP contribution < -0.4 is 0 Å². The maximum atomic E-state index is 12.7. The van der Waals surface area contributed by atoms with Crippen molar-refractivity contribution in [3.05, 3.63) is 65.5 Å². The number of rotatable bonds is 3. The highest BCUT2D eigenvalue weighted by atomic mass is 16.2. The van der Waals surface area contributed by atoms with Crippen molar-refractivity contribution in [3.63, 3.8) is 0 Å². The van der Waals surface area contributed by atoms with E-state index in [1.165, 1.54) is 16.6 Å². The fraction of sp³-hybridized carbons (Fsp3) is 0.364. The van der Waals surface area contributed by atoms with E-state index in [1.807, 2.05) is 23.4 Å². The second kappa shape index (κ2) is 6.94. The molecule has 0 saturated carbocycles. The SMILES string of the molecule is Cc1ccc2ncn(C3CCN(C(=O)Cc4ccccc4C)CC3)c2c1. The zero-order valence-electron chi connectivity index (χ0n) is 15.5. The van der Waals surface area contributed by atoms with E-state index >= 15 is 0 Å². The molecule has 4 nitrogen and oxygen atoms in total. The Hall–Kier alpha value is -2.62. The minimum atomic E-state index is 0.240. The molecule has 0 spiro atoms. The molecular formula is C22H25N3O. The Balaban J connectivity index is 1.43. The molecular weight excluding hydrogens is 322 g/mol. The standard InChI is InChI=1S/C22H25N3O/c1-16-7-8-20-21(13-16)25(15-23-20)19-9-11-24(12-10-19)22(26)14-18-6-4-3-5-17(18)2/h3-8,13,15,19H,9-12,14H2,1-2H3. The van der Waals surface area contributed by atoms with Gasteiger partial charge < -0.3 is 9.47 Å². The molecule has 134 valence electrons. The molecule has 3 aromatic rings. The van der Waals surface area contributed by atoms with Crippen LogP contribution in [-0.4, -0.2) is 33.4 Å². The Morgan fingerprint density at radius 2 is 1.88 bits per heavy atom.